The van der Waals surface area contributed by atoms with Crippen LogP contribution in [-0.2, 0) is 6.42 Å². The van der Waals surface area contributed by atoms with E-state index in [4.69, 9.17) is 0 Å². The van der Waals surface area contributed by atoms with Crippen molar-refractivity contribution in [3.8, 4) is 0 Å². The summed E-state index contributed by atoms with van der Waals surface area (Å²) in [5.41, 5.74) is 4.21. The number of fused-ring (bicyclic) bond motifs is 1. The van der Waals surface area contributed by atoms with Crippen molar-refractivity contribution in [2.24, 2.45) is 0 Å². The Morgan fingerprint density at radius 1 is 1.30 bits per heavy atom. The molecule has 0 spiro atoms. The molecule has 3 heteroatoms. The van der Waals surface area contributed by atoms with Gasteiger partial charge in [0.25, 0.3) is 0 Å². The Balaban J connectivity index is 2.41. The maximum absolute atomic E-state index is 12.4. The number of hydrogen-bond donors (Lipinski definition) is 1. The molecule has 0 aliphatic carbocycles. The van der Waals surface area contributed by atoms with Crippen molar-refractivity contribution in [1.82, 2.24) is 4.98 Å². The van der Waals surface area contributed by atoms with Gasteiger partial charge in [0, 0.05) is 15.6 Å². The quantitative estimate of drug-likeness (QED) is 0.852. The summed E-state index contributed by atoms with van der Waals surface area (Å²) >= 11 is 1.38. The van der Waals surface area contributed by atoms with Crippen molar-refractivity contribution in [1.29, 1.82) is 0 Å². The monoisotopic (exact) mass is 289 g/mol. The van der Waals surface area contributed by atoms with Crippen LogP contribution in [0, 0.1) is 6.92 Å². The number of aromatic nitrogens is 1. The number of rotatable bonds is 3. The molecule has 1 heterocycles. The van der Waals surface area contributed by atoms with Crippen molar-refractivity contribution in [3.63, 3.8) is 0 Å². The van der Waals surface area contributed by atoms with Crippen molar-refractivity contribution in [3.05, 3.63) is 35.0 Å². The number of aryl methyl sites for hydroxylation is 2. The molecule has 0 aliphatic heterocycles. The van der Waals surface area contributed by atoms with Crippen molar-refractivity contribution >= 4 is 27.8 Å². The van der Waals surface area contributed by atoms with Crippen LogP contribution in [0.2, 0.25) is 0 Å². The highest BCUT2D eigenvalue weighted by Gasteiger charge is 2.21. The van der Waals surface area contributed by atoms with Crippen LogP contribution in [0.3, 0.4) is 0 Å². The highest BCUT2D eigenvalue weighted by molar-refractivity contribution is 8.15. The molecule has 20 heavy (non-hydrogen) atoms. The summed E-state index contributed by atoms with van der Waals surface area (Å²) in [5, 5.41) is 1.30. The maximum atomic E-state index is 12.4. The molecule has 0 aliphatic rings. The molecule has 0 radical (unpaired) electrons. The van der Waals surface area contributed by atoms with E-state index >= 15 is 0 Å². The molecule has 2 rings (SSSR count). The van der Waals surface area contributed by atoms with Gasteiger partial charge < -0.3 is 4.98 Å². The van der Waals surface area contributed by atoms with E-state index in [1.54, 1.807) is 0 Å². The normalized spacial score (nSPS) is 12.1. The minimum Gasteiger partial charge on any atom is -0.351 e. The Morgan fingerprint density at radius 3 is 2.60 bits per heavy atom. The Bertz CT molecular complexity index is 634. The largest absolute Gasteiger partial charge is 0.351 e. The predicted octanol–water partition coefficient (Wildman–Crippen LogP) is 5.10. The number of aromatic amines is 1. The number of carbonyl (C=O) groups is 1. The molecule has 0 bridgehead atoms. The van der Waals surface area contributed by atoms with Gasteiger partial charge in [0.2, 0.25) is 5.12 Å². The zero-order valence-electron chi connectivity index (χ0n) is 13.0. The molecule has 0 amide bonds. The molecule has 2 nitrogen and oxygen atoms in total. The van der Waals surface area contributed by atoms with Gasteiger partial charge in [-0.2, -0.15) is 0 Å². The van der Waals surface area contributed by atoms with Gasteiger partial charge in [0.1, 0.15) is 0 Å². The van der Waals surface area contributed by atoms with Crippen molar-refractivity contribution in [2.75, 3.05) is 0 Å². The molecular weight excluding hydrogens is 266 g/mol. The number of benzene rings is 1. The third kappa shape index (κ3) is 3.26. The molecule has 1 aromatic heterocycles. The predicted molar refractivity (Wildman–Crippen MR) is 88.7 cm³/mol. The van der Waals surface area contributed by atoms with E-state index in [0.29, 0.717) is 0 Å². The molecule has 0 atom stereocenters. The van der Waals surface area contributed by atoms with Crippen molar-refractivity contribution < 1.29 is 4.79 Å². The summed E-state index contributed by atoms with van der Waals surface area (Å²) in [4.78, 5) is 15.7. The van der Waals surface area contributed by atoms with Crippen LogP contribution in [0.4, 0.5) is 0 Å². The summed E-state index contributed by atoms with van der Waals surface area (Å²) in [6, 6.07) is 6.45. The van der Waals surface area contributed by atoms with Gasteiger partial charge in [0.15, 0.2) is 0 Å². The molecule has 0 saturated heterocycles. The van der Waals surface area contributed by atoms with E-state index in [2.05, 4.69) is 50.9 Å². The lowest BCUT2D eigenvalue weighted by atomic mass is 10.1. The summed E-state index contributed by atoms with van der Waals surface area (Å²) in [6.07, 6.45) is 2.22. The van der Waals surface area contributed by atoms with Gasteiger partial charge in [-0.15, -0.1) is 0 Å². The molecule has 1 N–H and O–H groups in total. The average molecular weight is 289 g/mol. The average Bonchev–Trinajstić information content (AvgIpc) is 2.65. The summed E-state index contributed by atoms with van der Waals surface area (Å²) in [7, 11) is 0. The first-order valence-electron chi connectivity index (χ1n) is 7.16. The topological polar surface area (TPSA) is 32.9 Å². The number of hydrogen-bond acceptors (Lipinski definition) is 2. The smallest absolute Gasteiger partial charge is 0.236 e. The molecule has 2 aromatic rings. The van der Waals surface area contributed by atoms with Crippen LogP contribution in [0.1, 0.15) is 55.7 Å². The Hall–Kier alpha value is -1.22. The fourth-order valence-electron chi connectivity index (χ4n) is 2.35. The van der Waals surface area contributed by atoms with Gasteiger partial charge in [-0.05, 0) is 36.6 Å². The minimum atomic E-state index is -0.0613. The van der Waals surface area contributed by atoms with Crippen LogP contribution in [-0.4, -0.2) is 14.8 Å². The van der Waals surface area contributed by atoms with E-state index in [1.165, 1.54) is 22.7 Å². The van der Waals surface area contributed by atoms with Gasteiger partial charge >= 0.3 is 0 Å². The molecule has 0 unspecified atom stereocenters. The summed E-state index contributed by atoms with van der Waals surface area (Å²) in [5.74, 6) is 0. The second kappa shape index (κ2) is 5.65. The maximum Gasteiger partial charge on any atom is 0.236 e. The number of H-pyrrole nitrogens is 1. The minimum absolute atomic E-state index is 0.0613. The van der Waals surface area contributed by atoms with Gasteiger partial charge in [-0.3, -0.25) is 4.79 Å². The SMILES string of the molecule is CCCc1ccc2[nH]c(C(=O)SC(C)(C)C)c(C)c2c1. The van der Waals surface area contributed by atoms with Crippen LogP contribution in [0.5, 0.6) is 0 Å². The van der Waals surface area contributed by atoms with Gasteiger partial charge in [-0.1, -0.05) is 51.9 Å². The summed E-state index contributed by atoms with van der Waals surface area (Å²) in [6.45, 7) is 10.4. The van der Waals surface area contributed by atoms with E-state index < -0.39 is 0 Å². The first-order chi connectivity index (χ1) is 9.31. The molecule has 0 fully saturated rings. The molecule has 0 saturated carbocycles. The zero-order valence-corrected chi connectivity index (χ0v) is 13.8. The third-order valence-corrected chi connectivity index (χ3v) is 4.27. The lowest BCUT2D eigenvalue weighted by Gasteiger charge is -2.15. The number of nitrogens with one attached hydrogen (secondary N) is 1. The van der Waals surface area contributed by atoms with E-state index in [-0.39, 0.29) is 9.86 Å². The number of carbonyl (C=O) groups excluding carboxylic acids is 1. The Labute approximate surface area is 125 Å². The summed E-state index contributed by atoms with van der Waals surface area (Å²) < 4.78 is -0.0613. The first-order valence-corrected chi connectivity index (χ1v) is 7.98. The van der Waals surface area contributed by atoms with Crippen LogP contribution < -0.4 is 0 Å². The second-order valence-electron chi connectivity index (χ2n) is 6.26. The van der Waals surface area contributed by atoms with E-state index in [1.807, 2.05) is 6.92 Å². The first kappa shape index (κ1) is 15.2. The van der Waals surface area contributed by atoms with E-state index in [9.17, 15) is 4.79 Å². The van der Waals surface area contributed by atoms with Crippen LogP contribution >= 0.6 is 11.8 Å². The van der Waals surface area contributed by atoms with Crippen LogP contribution in [0.15, 0.2) is 18.2 Å². The lowest BCUT2D eigenvalue weighted by molar-refractivity contribution is 0.108. The Morgan fingerprint density at radius 2 is 2.00 bits per heavy atom. The molecule has 1 aromatic carbocycles. The fourth-order valence-corrected chi connectivity index (χ4v) is 3.21. The Kier molecular flexibility index (Phi) is 4.28. The van der Waals surface area contributed by atoms with Crippen LogP contribution in [0.25, 0.3) is 10.9 Å². The third-order valence-electron chi connectivity index (χ3n) is 3.26. The lowest BCUT2D eigenvalue weighted by Crippen LogP contribution is -2.12. The zero-order chi connectivity index (χ0) is 14.9. The fraction of sp³-hybridized carbons (Fsp3) is 0.471. The molecular formula is C17H23NOS. The van der Waals surface area contributed by atoms with Crippen molar-refractivity contribution in [2.45, 2.75) is 52.2 Å². The highest BCUT2D eigenvalue weighted by Crippen LogP contribution is 2.31. The second-order valence-corrected chi connectivity index (χ2v) is 8.06. The highest BCUT2D eigenvalue weighted by atomic mass is 32.2. The number of thioether (sulfide) groups is 1. The standard InChI is InChI=1S/C17H23NOS/c1-6-7-12-8-9-14-13(10-12)11(2)15(18-14)16(19)20-17(3,4)5/h8-10,18H,6-7H2,1-5H3. The van der Waals surface area contributed by atoms with Gasteiger partial charge in [-0.25, -0.2) is 0 Å². The van der Waals surface area contributed by atoms with Gasteiger partial charge in [0.05, 0.1) is 5.69 Å². The molecule has 108 valence electrons. The van der Waals surface area contributed by atoms with E-state index in [0.717, 1.165) is 29.6 Å².